The summed E-state index contributed by atoms with van der Waals surface area (Å²) in [7, 11) is 0. The zero-order valence-corrected chi connectivity index (χ0v) is 12.4. The second-order valence-electron chi connectivity index (χ2n) is 5.97. The van der Waals surface area contributed by atoms with Gasteiger partial charge in [-0.25, -0.2) is 0 Å². The van der Waals surface area contributed by atoms with Crippen LogP contribution in [0.15, 0.2) is 24.3 Å². The van der Waals surface area contributed by atoms with Crippen molar-refractivity contribution in [1.82, 2.24) is 4.90 Å². The van der Waals surface area contributed by atoms with Crippen LogP contribution < -0.4 is 0 Å². The van der Waals surface area contributed by atoms with Crippen LogP contribution >= 0.6 is 0 Å². The van der Waals surface area contributed by atoms with Crippen molar-refractivity contribution in [1.29, 1.82) is 0 Å². The lowest BCUT2D eigenvalue weighted by Gasteiger charge is -2.39. The monoisotopic (exact) mass is 301 g/mol. The highest BCUT2D eigenvalue weighted by atomic mass is 19.4. The van der Waals surface area contributed by atoms with Crippen LogP contribution in [0.5, 0.6) is 0 Å². The molecule has 1 fully saturated rings. The van der Waals surface area contributed by atoms with E-state index in [1.165, 1.54) is 0 Å². The van der Waals surface area contributed by atoms with E-state index in [2.05, 4.69) is 0 Å². The van der Waals surface area contributed by atoms with Gasteiger partial charge in [0.2, 0.25) is 0 Å². The summed E-state index contributed by atoms with van der Waals surface area (Å²) in [6.45, 7) is 4.34. The predicted octanol–water partition coefficient (Wildman–Crippen LogP) is 3.69. The molecule has 0 bridgehead atoms. The van der Waals surface area contributed by atoms with Gasteiger partial charge < -0.3 is 5.11 Å². The number of nitrogens with zero attached hydrogens (tertiary/aromatic N) is 1. The molecule has 21 heavy (non-hydrogen) atoms. The van der Waals surface area contributed by atoms with Crippen LogP contribution in [0.4, 0.5) is 13.2 Å². The van der Waals surface area contributed by atoms with Crippen LogP contribution in [-0.4, -0.2) is 35.3 Å². The largest absolute Gasteiger partial charge is 0.393 e. The van der Waals surface area contributed by atoms with Crippen LogP contribution in [-0.2, 0) is 0 Å². The molecule has 118 valence electrons. The van der Waals surface area contributed by atoms with Gasteiger partial charge in [0, 0.05) is 12.6 Å². The molecule has 1 saturated heterocycles. The second kappa shape index (κ2) is 6.36. The molecular weight excluding hydrogens is 279 g/mol. The van der Waals surface area contributed by atoms with E-state index in [4.69, 9.17) is 0 Å². The molecule has 1 heterocycles. The maximum atomic E-state index is 12.9. The summed E-state index contributed by atoms with van der Waals surface area (Å²) in [5.41, 5.74) is 1.84. The minimum Gasteiger partial charge on any atom is -0.387 e. The first kappa shape index (κ1) is 16.3. The minimum absolute atomic E-state index is 0.0202. The summed E-state index contributed by atoms with van der Waals surface area (Å²) in [6.07, 6.45) is -4.20. The van der Waals surface area contributed by atoms with Crippen molar-refractivity contribution >= 4 is 0 Å². The van der Waals surface area contributed by atoms with Crippen LogP contribution in [0, 0.1) is 12.8 Å². The van der Waals surface area contributed by atoms with Crippen LogP contribution in [0.1, 0.15) is 37.0 Å². The highest BCUT2D eigenvalue weighted by molar-refractivity contribution is 5.24. The van der Waals surface area contributed by atoms with Gasteiger partial charge in [0.15, 0.2) is 0 Å². The average Bonchev–Trinajstić information content (AvgIpc) is 2.46. The molecule has 1 N–H and O–H groups in total. The Bertz CT molecular complexity index is 458. The van der Waals surface area contributed by atoms with Crippen molar-refractivity contribution in [3.8, 4) is 0 Å². The summed E-state index contributed by atoms with van der Waals surface area (Å²) >= 11 is 0. The first-order valence-electron chi connectivity index (χ1n) is 7.34. The van der Waals surface area contributed by atoms with Crippen LogP contribution in [0.2, 0.25) is 0 Å². The molecule has 1 aliphatic rings. The lowest BCUT2D eigenvalue weighted by atomic mass is 9.93. The lowest BCUT2D eigenvalue weighted by molar-refractivity contribution is -0.190. The average molecular weight is 301 g/mol. The molecule has 0 spiro atoms. The number of aliphatic hydroxyl groups is 1. The fourth-order valence-corrected chi connectivity index (χ4v) is 2.89. The first-order chi connectivity index (χ1) is 9.79. The van der Waals surface area contributed by atoms with Crippen molar-refractivity contribution in [3.63, 3.8) is 0 Å². The quantitative estimate of drug-likeness (QED) is 0.920. The minimum atomic E-state index is -4.15. The molecule has 3 unspecified atom stereocenters. The van der Waals surface area contributed by atoms with Crippen molar-refractivity contribution in [2.75, 3.05) is 13.1 Å². The molecule has 5 heteroatoms. The molecule has 0 saturated carbocycles. The highest BCUT2D eigenvalue weighted by Gasteiger charge is 2.43. The third kappa shape index (κ3) is 3.98. The Morgan fingerprint density at radius 1 is 1.24 bits per heavy atom. The normalized spacial score (nSPS) is 23.8. The maximum Gasteiger partial charge on any atom is 0.393 e. The summed E-state index contributed by atoms with van der Waals surface area (Å²) < 4.78 is 38.6. The predicted molar refractivity (Wildman–Crippen MR) is 76.0 cm³/mol. The van der Waals surface area contributed by atoms with Gasteiger partial charge in [-0.2, -0.15) is 13.2 Å². The first-order valence-corrected chi connectivity index (χ1v) is 7.34. The van der Waals surface area contributed by atoms with Crippen molar-refractivity contribution < 1.29 is 18.3 Å². The van der Waals surface area contributed by atoms with E-state index in [1.54, 1.807) is 11.8 Å². The van der Waals surface area contributed by atoms with E-state index < -0.39 is 18.2 Å². The number of hydrogen-bond acceptors (Lipinski definition) is 2. The summed E-state index contributed by atoms with van der Waals surface area (Å²) in [4.78, 5) is 1.76. The van der Waals surface area contributed by atoms with Gasteiger partial charge in [-0.05, 0) is 38.8 Å². The topological polar surface area (TPSA) is 23.5 Å². The van der Waals surface area contributed by atoms with Crippen molar-refractivity contribution in [2.24, 2.45) is 5.92 Å². The molecular formula is C16H22F3NO. The zero-order chi connectivity index (χ0) is 15.6. The SMILES string of the molecule is Cc1ccc(C(O)C(C)N2CCCC(C(F)(F)F)C2)cc1. The van der Waals surface area contributed by atoms with Gasteiger partial charge in [-0.1, -0.05) is 29.8 Å². The fourth-order valence-electron chi connectivity index (χ4n) is 2.89. The third-order valence-electron chi connectivity index (χ3n) is 4.37. The number of piperidine rings is 1. The Hall–Kier alpha value is -1.07. The molecule has 2 rings (SSSR count). The van der Waals surface area contributed by atoms with Gasteiger partial charge >= 0.3 is 6.18 Å². The molecule has 1 aromatic carbocycles. The summed E-state index contributed by atoms with van der Waals surface area (Å²) in [5, 5.41) is 10.4. The molecule has 1 aromatic rings. The number of aliphatic hydroxyl groups excluding tert-OH is 1. The van der Waals surface area contributed by atoms with Gasteiger partial charge in [0.25, 0.3) is 0 Å². The van der Waals surface area contributed by atoms with E-state index in [0.29, 0.717) is 13.0 Å². The summed E-state index contributed by atoms with van der Waals surface area (Å²) in [6, 6.07) is 7.15. The van der Waals surface area contributed by atoms with Crippen LogP contribution in [0.25, 0.3) is 0 Å². The number of hydrogen-bond donors (Lipinski definition) is 1. The number of likely N-dealkylation sites (tertiary alicyclic amines) is 1. The maximum absolute atomic E-state index is 12.9. The van der Waals surface area contributed by atoms with E-state index in [0.717, 1.165) is 11.1 Å². The van der Waals surface area contributed by atoms with Gasteiger partial charge in [0.1, 0.15) is 0 Å². The van der Waals surface area contributed by atoms with E-state index in [9.17, 15) is 18.3 Å². The fraction of sp³-hybridized carbons (Fsp3) is 0.625. The smallest absolute Gasteiger partial charge is 0.387 e. The molecule has 1 aliphatic heterocycles. The van der Waals surface area contributed by atoms with Gasteiger partial charge in [-0.3, -0.25) is 4.90 Å². The Kier molecular flexibility index (Phi) is 4.94. The summed E-state index contributed by atoms with van der Waals surface area (Å²) in [5.74, 6) is -1.28. The Labute approximate surface area is 123 Å². The van der Waals surface area contributed by atoms with Crippen LogP contribution in [0.3, 0.4) is 0 Å². The Morgan fingerprint density at radius 3 is 2.43 bits per heavy atom. The molecule has 0 amide bonds. The van der Waals surface area contributed by atoms with E-state index in [1.807, 2.05) is 31.2 Å². The Morgan fingerprint density at radius 2 is 1.86 bits per heavy atom. The number of rotatable bonds is 3. The Balaban J connectivity index is 2.04. The number of aryl methyl sites for hydroxylation is 1. The van der Waals surface area contributed by atoms with E-state index >= 15 is 0 Å². The van der Waals surface area contributed by atoms with E-state index in [-0.39, 0.29) is 19.0 Å². The second-order valence-corrected chi connectivity index (χ2v) is 5.97. The van der Waals surface area contributed by atoms with Gasteiger partial charge in [-0.15, -0.1) is 0 Å². The third-order valence-corrected chi connectivity index (χ3v) is 4.37. The van der Waals surface area contributed by atoms with Gasteiger partial charge in [0.05, 0.1) is 12.0 Å². The number of alkyl halides is 3. The van der Waals surface area contributed by atoms with Crippen molar-refractivity contribution in [3.05, 3.63) is 35.4 Å². The molecule has 2 nitrogen and oxygen atoms in total. The molecule has 0 radical (unpaired) electrons. The number of benzene rings is 1. The molecule has 0 aromatic heterocycles. The lowest BCUT2D eigenvalue weighted by Crippen LogP contribution is -2.47. The number of halogens is 3. The molecule has 0 aliphatic carbocycles. The molecule has 3 atom stereocenters. The zero-order valence-electron chi connectivity index (χ0n) is 12.4. The highest BCUT2D eigenvalue weighted by Crippen LogP contribution is 2.35. The standard InChI is InChI=1S/C16H22F3NO/c1-11-5-7-13(8-6-11)15(21)12(2)20-9-3-4-14(10-20)16(17,18)19/h5-8,12,14-15,21H,3-4,9-10H2,1-2H3. The van der Waals surface area contributed by atoms with Crippen molar-refractivity contribution in [2.45, 2.75) is 45.0 Å².